The molecule has 0 bridgehead atoms. The second kappa shape index (κ2) is 8.44. The maximum absolute atomic E-state index is 9.28. The van der Waals surface area contributed by atoms with Gasteiger partial charge in [-0.05, 0) is 27.1 Å². The van der Waals surface area contributed by atoms with Crippen LogP contribution in [0.3, 0.4) is 0 Å². The highest BCUT2D eigenvalue weighted by atomic mass is 16.5. The summed E-state index contributed by atoms with van der Waals surface area (Å²) in [5.74, 6) is 0. The lowest BCUT2D eigenvalue weighted by Crippen LogP contribution is -2.29. The van der Waals surface area contributed by atoms with Crippen LogP contribution in [0.15, 0.2) is 0 Å². The fourth-order valence-electron chi connectivity index (χ4n) is 0.972. The minimum absolute atomic E-state index is 0.336. The molecule has 0 aliphatic carbocycles. The van der Waals surface area contributed by atoms with Gasteiger partial charge < -0.3 is 20.1 Å². The zero-order valence-electron chi connectivity index (χ0n) is 8.92. The van der Waals surface area contributed by atoms with Gasteiger partial charge in [-0.15, -0.1) is 0 Å². The molecule has 4 heteroatoms. The number of methoxy groups -OCH3 is 1. The van der Waals surface area contributed by atoms with Crippen molar-refractivity contribution in [2.24, 2.45) is 0 Å². The summed E-state index contributed by atoms with van der Waals surface area (Å²) in [6, 6.07) is 0. The third-order valence-corrected chi connectivity index (χ3v) is 1.75. The molecular formula is C9H22N2O2. The first-order valence-corrected chi connectivity index (χ1v) is 4.69. The first-order valence-electron chi connectivity index (χ1n) is 4.69. The first-order chi connectivity index (χ1) is 6.16. The molecule has 0 saturated heterocycles. The van der Waals surface area contributed by atoms with E-state index in [1.807, 2.05) is 14.1 Å². The molecule has 80 valence electrons. The minimum atomic E-state index is -0.336. The van der Waals surface area contributed by atoms with Crippen molar-refractivity contribution in [2.45, 2.75) is 12.5 Å². The quantitative estimate of drug-likeness (QED) is 0.508. The SMILES string of the molecule is COCC(O)CCNCCN(C)C. The van der Waals surface area contributed by atoms with E-state index in [0.29, 0.717) is 6.61 Å². The number of hydrogen-bond acceptors (Lipinski definition) is 4. The fourth-order valence-corrected chi connectivity index (χ4v) is 0.972. The van der Waals surface area contributed by atoms with Gasteiger partial charge in [-0.3, -0.25) is 0 Å². The van der Waals surface area contributed by atoms with Gasteiger partial charge in [0.25, 0.3) is 0 Å². The van der Waals surface area contributed by atoms with Crippen LogP contribution in [-0.4, -0.2) is 63.6 Å². The predicted molar refractivity (Wildman–Crippen MR) is 53.9 cm³/mol. The van der Waals surface area contributed by atoms with Gasteiger partial charge >= 0.3 is 0 Å². The molecule has 0 aliphatic rings. The molecule has 0 aromatic rings. The van der Waals surface area contributed by atoms with Crippen LogP contribution in [0.2, 0.25) is 0 Å². The van der Waals surface area contributed by atoms with Crippen molar-refractivity contribution in [1.82, 2.24) is 10.2 Å². The average Bonchev–Trinajstić information content (AvgIpc) is 2.03. The topological polar surface area (TPSA) is 44.7 Å². The van der Waals surface area contributed by atoms with E-state index in [1.54, 1.807) is 7.11 Å². The van der Waals surface area contributed by atoms with E-state index in [2.05, 4.69) is 10.2 Å². The van der Waals surface area contributed by atoms with Gasteiger partial charge in [0.2, 0.25) is 0 Å². The Morgan fingerprint density at radius 3 is 2.62 bits per heavy atom. The Morgan fingerprint density at radius 1 is 1.38 bits per heavy atom. The zero-order valence-corrected chi connectivity index (χ0v) is 8.92. The van der Waals surface area contributed by atoms with Gasteiger partial charge in [-0.2, -0.15) is 0 Å². The summed E-state index contributed by atoms with van der Waals surface area (Å²) in [5.41, 5.74) is 0. The number of aliphatic hydroxyl groups is 1. The minimum Gasteiger partial charge on any atom is -0.391 e. The first kappa shape index (κ1) is 12.8. The van der Waals surface area contributed by atoms with E-state index in [-0.39, 0.29) is 6.10 Å². The largest absolute Gasteiger partial charge is 0.391 e. The molecule has 0 radical (unpaired) electrons. The molecule has 13 heavy (non-hydrogen) atoms. The van der Waals surface area contributed by atoms with Gasteiger partial charge in [0.1, 0.15) is 0 Å². The third kappa shape index (κ3) is 9.76. The number of nitrogens with zero attached hydrogens (tertiary/aromatic N) is 1. The molecular weight excluding hydrogens is 168 g/mol. The summed E-state index contributed by atoms with van der Waals surface area (Å²) in [6.07, 6.45) is 0.415. The highest BCUT2D eigenvalue weighted by Crippen LogP contribution is 1.89. The lowest BCUT2D eigenvalue weighted by atomic mass is 10.2. The van der Waals surface area contributed by atoms with Crippen molar-refractivity contribution >= 4 is 0 Å². The molecule has 0 aromatic carbocycles. The van der Waals surface area contributed by atoms with Crippen molar-refractivity contribution < 1.29 is 9.84 Å². The number of rotatable bonds is 8. The fraction of sp³-hybridized carbons (Fsp3) is 1.00. The number of likely N-dealkylation sites (N-methyl/N-ethyl adjacent to an activating group) is 1. The Bertz CT molecular complexity index is 110. The molecule has 0 aliphatic heterocycles. The number of hydrogen-bond donors (Lipinski definition) is 2. The van der Waals surface area contributed by atoms with Crippen LogP contribution in [0.1, 0.15) is 6.42 Å². The van der Waals surface area contributed by atoms with E-state index < -0.39 is 0 Å². The smallest absolute Gasteiger partial charge is 0.0785 e. The van der Waals surface area contributed by atoms with Crippen molar-refractivity contribution in [2.75, 3.05) is 47.4 Å². The van der Waals surface area contributed by atoms with Crippen LogP contribution in [0, 0.1) is 0 Å². The Morgan fingerprint density at radius 2 is 2.08 bits per heavy atom. The van der Waals surface area contributed by atoms with Crippen LogP contribution in [0.5, 0.6) is 0 Å². The van der Waals surface area contributed by atoms with Crippen LogP contribution >= 0.6 is 0 Å². The monoisotopic (exact) mass is 190 g/mol. The van der Waals surface area contributed by atoms with Gasteiger partial charge in [0, 0.05) is 20.2 Å². The number of aliphatic hydroxyl groups excluding tert-OH is 1. The van der Waals surface area contributed by atoms with Crippen LogP contribution in [-0.2, 0) is 4.74 Å². The van der Waals surface area contributed by atoms with Gasteiger partial charge in [0.05, 0.1) is 12.7 Å². The summed E-state index contributed by atoms with van der Waals surface area (Å²) < 4.78 is 4.81. The van der Waals surface area contributed by atoms with Crippen molar-refractivity contribution in [3.05, 3.63) is 0 Å². The number of nitrogens with one attached hydrogen (secondary N) is 1. The van der Waals surface area contributed by atoms with E-state index in [0.717, 1.165) is 26.1 Å². The summed E-state index contributed by atoms with van der Waals surface area (Å²) in [6.45, 7) is 3.26. The summed E-state index contributed by atoms with van der Waals surface area (Å²) in [4.78, 5) is 2.12. The standard InChI is InChI=1S/C9H22N2O2/c1-11(2)7-6-10-5-4-9(12)8-13-3/h9-10,12H,4-8H2,1-3H3. The van der Waals surface area contributed by atoms with E-state index in [9.17, 15) is 5.11 Å². The average molecular weight is 190 g/mol. The molecule has 0 spiro atoms. The van der Waals surface area contributed by atoms with Crippen molar-refractivity contribution in [3.63, 3.8) is 0 Å². The Kier molecular flexibility index (Phi) is 8.33. The summed E-state index contributed by atoms with van der Waals surface area (Å²) >= 11 is 0. The maximum Gasteiger partial charge on any atom is 0.0785 e. The normalized spacial score (nSPS) is 13.6. The molecule has 0 amide bonds. The van der Waals surface area contributed by atoms with Crippen LogP contribution < -0.4 is 5.32 Å². The van der Waals surface area contributed by atoms with Crippen molar-refractivity contribution in [3.8, 4) is 0 Å². The molecule has 0 fully saturated rings. The summed E-state index contributed by atoms with van der Waals surface area (Å²) in [5, 5.41) is 12.5. The lowest BCUT2D eigenvalue weighted by Gasteiger charge is -2.12. The lowest BCUT2D eigenvalue weighted by molar-refractivity contribution is 0.0594. The molecule has 0 saturated carbocycles. The third-order valence-electron chi connectivity index (χ3n) is 1.75. The molecule has 0 aromatic heterocycles. The Labute approximate surface area is 80.9 Å². The van der Waals surface area contributed by atoms with Crippen LogP contribution in [0.25, 0.3) is 0 Å². The van der Waals surface area contributed by atoms with Gasteiger partial charge in [-0.25, -0.2) is 0 Å². The predicted octanol–water partition coefficient (Wildman–Crippen LogP) is -0.465. The zero-order chi connectivity index (χ0) is 10.1. The highest BCUT2D eigenvalue weighted by molar-refractivity contribution is 4.57. The van der Waals surface area contributed by atoms with E-state index >= 15 is 0 Å². The Hall–Kier alpha value is -0.160. The second-order valence-corrected chi connectivity index (χ2v) is 3.45. The molecule has 0 rings (SSSR count). The highest BCUT2D eigenvalue weighted by Gasteiger charge is 2.01. The molecule has 1 atom stereocenters. The van der Waals surface area contributed by atoms with Crippen molar-refractivity contribution in [1.29, 1.82) is 0 Å². The maximum atomic E-state index is 9.28. The number of ether oxygens (including phenoxy) is 1. The summed E-state index contributed by atoms with van der Waals surface area (Å²) in [7, 11) is 5.69. The van der Waals surface area contributed by atoms with Gasteiger partial charge in [0.15, 0.2) is 0 Å². The van der Waals surface area contributed by atoms with E-state index in [4.69, 9.17) is 4.74 Å². The molecule has 4 nitrogen and oxygen atoms in total. The molecule has 2 N–H and O–H groups in total. The van der Waals surface area contributed by atoms with Gasteiger partial charge in [-0.1, -0.05) is 0 Å². The second-order valence-electron chi connectivity index (χ2n) is 3.45. The Balaban J connectivity index is 3.06. The van der Waals surface area contributed by atoms with Crippen LogP contribution in [0.4, 0.5) is 0 Å². The molecule has 1 unspecified atom stereocenters. The molecule has 0 heterocycles. The van der Waals surface area contributed by atoms with E-state index in [1.165, 1.54) is 0 Å².